The van der Waals surface area contributed by atoms with Crippen molar-refractivity contribution in [2.75, 3.05) is 27.7 Å². The highest BCUT2D eigenvalue weighted by Gasteiger charge is 2.05. The van der Waals surface area contributed by atoms with Gasteiger partial charge in [0, 0.05) is 26.7 Å². The van der Waals surface area contributed by atoms with Gasteiger partial charge >= 0.3 is 0 Å². The summed E-state index contributed by atoms with van der Waals surface area (Å²) in [7, 11) is 5.85. The molecule has 0 fully saturated rings. The summed E-state index contributed by atoms with van der Waals surface area (Å²) >= 11 is 0. The van der Waals surface area contributed by atoms with Crippen LogP contribution in [0.5, 0.6) is 0 Å². The smallest absolute Gasteiger partial charge is 0.0670 e. The zero-order valence-corrected chi connectivity index (χ0v) is 11.4. The van der Waals surface area contributed by atoms with E-state index in [1.165, 1.54) is 11.1 Å². The Morgan fingerprint density at radius 1 is 1.35 bits per heavy atom. The third-order valence-electron chi connectivity index (χ3n) is 2.80. The lowest BCUT2D eigenvalue weighted by Gasteiger charge is -2.20. The molecule has 17 heavy (non-hydrogen) atoms. The summed E-state index contributed by atoms with van der Waals surface area (Å²) in [5.41, 5.74) is 2.68. The van der Waals surface area contributed by atoms with Crippen molar-refractivity contribution in [3.63, 3.8) is 0 Å². The van der Waals surface area contributed by atoms with Gasteiger partial charge < -0.3 is 10.1 Å². The molecule has 1 aromatic carbocycles. The van der Waals surface area contributed by atoms with Gasteiger partial charge in [-0.3, -0.25) is 4.90 Å². The molecule has 1 rings (SSSR count). The molecule has 1 N–H and O–H groups in total. The van der Waals surface area contributed by atoms with Crippen molar-refractivity contribution < 1.29 is 4.74 Å². The first-order valence-electron chi connectivity index (χ1n) is 6.09. The van der Waals surface area contributed by atoms with Crippen LogP contribution in [0.2, 0.25) is 0 Å². The summed E-state index contributed by atoms with van der Waals surface area (Å²) in [6.07, 6.45) is 0.278. The minimum atomic E-state index is 0.278. The van der Waals surface area contributed by atoms with Crippen LogP contribution in [0.15, 0.2) is 24.3 Å². The Morgan fingerprint density at radius 2 is 2.06 bits per heavy atom. The molecule has 0 spiro atoms. The Morgan fingerprint density at radius 3 is 2.71 bits per heavy atom. The van der Waals surface area contributed by atoms with E-state index in [2.05, 4.69) is 48.5 Å². The Balaban J connectivity index is 2.52. The molecule has 0 aromatic heterocycles. The first-order valence-corrected chi connectivity index (χ1v) is 6.09. The molecule has 3 heteroatoms. The predicted molar refractivity (Wildman–Crippen MR) is 72.0 cm³/mol. The molecule has 0 amide bonds. The van der Waals surface area contributed by atoms with Crippen LogP contribution in [-0.2, 0) is 17.8 Å². The van der Waals surface area contributed by atoms with E-state index in [-0.39, 0.29) is 6.10 Å². The van der Waals surface area contributed by atoms with E-state index in [1.807, 2.05) is 7.05 Å². The van der Waals surface area contributed by atoms with Crippen LogP contribution in [0.1, 0.15) is 18.1 Å². The van der Waals surface area contributed by atoms with E-state index < -0.39 is 0 Å². The van der Waals surface area contributed by atoms with Gasteiger partial charge in [-0.2, -0.15) is 0 Å². The minimum Gasteiger partial charge on any atom is -0.380 e. The van der Waals surface area contributed by atoms with Gasteiger partial charge in [-0.15, -0.1) is 0 Å². The maximum atomic E-state index is 5.27. The quantitative estimate of drug-likeness (QED) is 0.782. The Labute approximate surface area is 105 Å². The molecule has 0 saturated heterocycles. The van der Waals surface area contributed by atoms with E-state index in [4.69, 9.17) is 4.74 Å². The van der Waals surface area contributed by atoms with Crippen LogP contribution < -0.4 is 5.32 Å². The normalized spacial score (nSPS) is 13.0. The van der Waals surface area contributed by atoms with Crippen molar-refractivity contribution in [3.05, 3.63) is 35.4 Å². The average Bonchev–Trinajstić information content (AvgIpc) is 2.29. The number of hydrogen-bond donors (Lipinski definition) is 1. The third-order valence-corrected chi connectivity index (χ3v) is 2.80. The second-order valence-corrected chi connectivity index (χ2v) is 4.59. The predicted octanol–water partition coefficient (Wildman–Crippen LogP) is 1.87. The molecular weight excluding hydrogens is 212 g/mol. The molecule has 96 valence electrons. The van der Waals surface area contributed by atoms with Gasteiger partial charge in [-0.25, -0.2) is 0 Å². The van der Waals surface area contributed by atoms with Crippen molar-refractivity contribution in [2.24, 2.45) is 0 Å². The average molecular weight is 236 g/mol. The first kappa shape index (κ1) is 14.2. The molecule has 0 aliphatic heterocycles. The summed E-state index contributed by atoms with van der Waals surface area (Å²) in [6, 6.07) is 8.70. The van der Waals surface area contributed by atoms with Crippen LogP contribution >= 0.6 is 0 Å². The molecule has 0 saturated carbocycles. The van der Waals surface area contributed by atoms with E-state index in [9.17, 15) is 0 Å². The van der Waals surface area contributed by atoms with E-state index in [0.29, 0.717) is 0 Å². The largest absolute Gasteiger partial charge is 0.380 e. The zero-order valence-electron chi connectivity index (χ0n) is 11.4. The molecule has 0 radical (unpaired) electrons. The fourth-order valence-corrected chi connectivity index (χ4v) is 1.93. The van der Waals surface area contributed by atoms with Crippen LogP contribution in [0.3, 0.4) is 0 Å². The molecule has 1 atom stereocenters. The van der Waals surface area contributed by atoms with Gasteiger partial charge in [0.15, 0.2) is 0 Å². The molecule has 0 aliphatic rings. The van der Waals surface area contributed by atoms with Crippen LogP contribution in [0, 0.1) is 0 Å². The highest BCUT2D eigenvalue weighted by Crippen LogP contribution is 2.08. The Kier molecular flexibility index (Phi) is 6.19. The molecule has 1 unspecified atom stereocenters. The Bertz CT molecular complexity index is 328. The molecule has 0 heterocycles. The summed E-state index contributed by atoms with van der Waals surface area (Å²) in [6.45, 7) is 4.93. The van der Waals surface area contributed by atoms with Crippen molar-refractivity contribution >= 4 is 0 Å². The fourth-order valence-electron chi connectivity index (χ4n) is 1.93. The third kappa shape index (κ3) is 5.31. The molecule has 1 aromatic rings. The van der Waals surface area contributed by atoms with Crippen LogP contribution in [-0.4, -0.2) is 38.8 Å². The lowest BCUT2D eigenvalue weighted by Crippen LogP contribution is -2.28. The molecule has 3 nitrogen and oxygen atoms in total. The van der Waals surface area contributed by atoms with Crippen molar-refractivity contribution in [3.8, 4) is 0 Å². The van der Waals surface area contributed by atoms with Crippen LogP contribution in [0.25, 0.3) is 0 Å². The van der Waals surface area contributed by atoms with Crippen molar-refractivity contribution in [1.82, 2.24) is 10.2 Å². The van der Waals surface area contributed by atoms with Gasteiger partial charge in [-0.05, 0) is 32.1 Å². The van der Waals surface area contributed by atoms with E-state index in [0.717, 1.165) is 19.6 Å². The molecular formula is C14H24N2O. The number of nitrogens with one attached hydrogen (secondary N) is 1. The minimum absolute atomic E-state index is 0.278. The van der Waals surface area contributed by atoms with Crippen molar-refractivity contribution in [2.45, 2.75) is 26.1 Å². The van der Waals surface area contributed by atoms with E-state index in [1.54, 1.807) is 7.11 Å². The highest BCUT2D eigenvalue weighted by atomic mass is 16.5. The maximum Gasteiger partial charge on any atom is 0.0670 e. The van der Waals surface area contributed by atoms with Gasteiger partial charge in [0.05, 0.1) is 6.10 Å². The summed E-state index contributed by atoms with van der Waals surface area (Å²) in [5, 5.41) is 3.17. The summed E-state index contributed by atoms with van der Waals surface area (Å²) in [4.78, 5) is 2.28. The number of benzene rings is 1. The van der Waals surface area contributed by atoms with Gasteiger partial charge in [0.25, 0.3) is 0 Å². The van der Waals surface area contributed by atoms with E-state index >= 15 is 0 Å². The van der Waals surface area contributed by atoms with Gasteiger partial charge in [0.1, 0.15) is 0 Å². The highest BCUT2D eigenvalue weighted by molar-refractivity contribution is 5.23. The number of likely N-dealkylation sites (N-methyl/N-ethyl adjacent to an activating group) is 1. The number of rotatable bonds is 7. The summed E-state index contributed by atoms with van der Waals surface area (Å²) in [5.74, 6) is 0. The fraction of sp³-hybridized carbons (Fsp3) is 0.571. The standard InChI is InChI=1S/C14H24N2O/c1-12(17-4)10-16(3)11-14-7-5-6-13(8-14)9-15-2/h5-8,12,15H,9-11H2,1-4H3. The number of methoxy groups -OCH3 is 1. The topological polar surface area (TPSA) is 24.5 Å². The van der Waals surface area contributed by atoms with Gasteiger partial charge in [-0.1, -0.05) is 24.3 Å². The number of hydrogen-bond acceptors (Lipinski definition) is 3. The molecule has 0 aliphatic carbocycles. The zero-order chi connectivity index (χ0) is 12.7. The first-order chi connectivity index (χ1) is 8.15. The van der Waals surface area contributed by atoms with Gasteiger partial charge in [0.2, 0.25) is 0 Å². The summed E-state index contributed by atoms with van der Waals surface area (Å²) < 4.78 is 5.27. The number of ether oxygens (including phenoxy) is 1. The number of nitrogens with zero attached hydrogens (tertiary/aromatic N) is 1. The lowest BCUT2D eigenvalue weighted by molar-refractivity contribution is 0.0837. The second kappa shape index (κ2) is 7.43. The maximum absolute atomic E-state index is 5.27. The Hall–Kier alpha value is -0.900. The van der Waals surface area contributed by atoms with Crippen molar-refractivity contribution in [1.29, 1.82) is 0 Å². The molecule has 0 bridgehead atoms. The van der Waals surface area contributed by atoms with Crippen LogP contribution in [0.4, 0.5) is 0 Å². The second-order valence-electron chi connectivity index (χ2n) is 4.59. The SMILES string of the molecule is CNCc1cccc(CN(C)CC(C)OC)c1. The monoisotopic (exact) mass is 236 g/mol. The lowest BCUT2D eigenvalue weighted by atomic mass is 10.1.